The van der Waals surface area contributed by atoms with E-state index in [1.54, 1.807) is 18.2 Å². The number of aryl methyl sites for hydroxylation is 1. The van der Waals surface area contributed by atoms with Crippen LogP contribution >= 0.6 is 23.4 Å². The topological polar surface area (TPSA) is 53.1 Å². The molecule has 0 saturated carbocycles. The maximum Gasteiger partial charge on any atom is 0.266 e. The minimum Gasteiger partial charge on any atom is -0.506 e. The van der Waals surface area contributed by atoms with Crippen LogP contribution in [-0.4, -0.2) is 10.1 Å². The summed E-state index contributed by atoms with van der Waals surface area (Å²) in [6, 6.07) is 12.8. The Hall–Kier alpha value is -1.91. The third-order valence-corrected chi connectivity index (χ3v) is 4.47. The van der Waals surface area contributed by atoms with E-state index in [0.29, 0.717) is 15.9 Å². The van der Waals surface area contributed by atoms with Crippen molar-refractivity contribution in [1.29, 1.82) is 0 Å². The van der Waals surface area contributed by atoms with E-state index >= 15 is 0 Å². The number of halogens is 1. The van der Waals surface area contributed by atoms with Crippen molar-refractivity contribution in [2.24, 2.45) is 0 Å². The fourth-order valence-corrected chi connectivity index (χ4v) is 3.08. The lowest BCUT2D eigenvalue weighted by Gasteiger charge is -2.07. The first-order valence-electron chi connectivity index (χ1n) is 6.33. The molecule has 0 saturated heterocycles. The van der Waals surface area contributed by atoms with E-state index in [4.69, 9.17) is 11.6 Å². The Morgan fingerprint density at radius 3 is 2.57 bits per heavy atom. The van der Waals surface area contributed by atoms with E-state index < -0.39 is 0 Å². The maximum absolute atomic E-state index is 12.2. The highest BCUT2D eigenvalue weighted by Crippen LogP contribution is 2.36. The van der Waals surface area contributed by atoms with Crippen molar-refractivity contribution in [3.63, 3.8) is 0 Å². The molecule has 0 aliphatic heterocycles. The number of aromatic hydroxyl groups is 1. The minimum atomic E-state index is -0.326. The van der Waals surface area contributed by atoms with Gasteiger partial charge >= 0.3 is 0 Å². The van der Waals surface area contributed by atoms with Gasteiger partial charge in [-0.2, -0.15) is 0 Å². The molecule has 3 rings (SSSR count). The normalized spacial score (nSPS) is 11.0. The zero-order valence-corrected chi connectivity index (χ0v) is 12.8. The summed E-state index contributed by atoms with van der Waals surface area (Å²) in [6.45, 7) is 2.00. The Labute approximate surface area is 130 Å². The zero-order chi connectivity index (χ0) is 15.0. The largest absolute Gasteiger partial charge is 0.506 e. The first kappa shape index (κ1) is 14.0. The van der Waals surface area contributed by atoms with Crippen molar-refractivity contribution < 1.29 is 5.11 Å². The first-order valence-corrected chi connectivity index (χ1v) is 7.53. The molecule has 1 aromatic heterocycles. The van der Waals surface area contributed by atoms with E-state index in [1.165, 1.54) is 11.8 Å². The van der Waals surface area contributed by atoms with Gasteiger partial charge in [0.2, 0.25) is 0 Å². The van der Waals surface area contributed by atoms with Crippen molar-refractivity contribution in [2.75, 3.05) is 0 Å². The second-order valence-corrected chi connectivity index (χ2v) is 6.26. The summed E-state index contributed by atoms with van der Waals surface area (Å²) < 4.78 is 0. The predicted molar refractivity (Wildman–Crippen MR) is 86.5 cm³/mol. The van der Waals surface area contributed by atoms with Gasteiger partial charge in [0.1, 0.15) is 10.6 Å². The number of hydrogen-bond donors (Lipinski definition) is 2. The summed E-state index contributed by atoms with van der Waals surface area (Å²) in [7, 11) is 0. The third-order valence-electron chi connectivity index (χ3n) is 3.15. The van der Waals surface area contributed by atoms with E-state index in [-0.39, 0.29) is 16.2 Å². The zero-order valence-electron chi connectivity index (χ0n) is 11.2. The van der Waals surface area contributed by atoms with Crippen molar-refractivity contribution in [3.05, 3.63) is 63.4 Å². The van der Waals surface area contributed by atoms with Crippen LogP contribution in [0, 0.1) is 6.92 Å². The highest BCUT2D eigenvalue weighted by Gasteiger charge is 2.13. The van der Waals surface area contributed by atoms with Gasteiger partial charge in [0.15, 0.2) is 0 Å². The molecular weight excluding hydrogens is 306 g/mol. The molecule has 5 heteroatoms. The number of aromatic nitrogens is 1. The fraction of sp³-hybridized carbons (Fsp3) is 0.0625. The van der Waals surface area contributed by atoms with E-state index in [2.05, 4.69) is 4.98 Å². The molecule has 3 nitrogen and oxygen atoms in total. The predicted octanol–water partition coefficient (Wildman–Crippen LogP) is 4.35. The van der Waals surface area contributed by atoms with Crippen molar-refractivity contribution in [2.45, 2.75) is 16.7 Å². The van der Waals surface area contributed by atoms with Gasteiger partial charge in [0.25, 0.3) is 5.56 Å². The van der Waals surface area contributed by atoms with Gasteiger partial charge < -0.3 is 10.1 Å². The van der Waals surface area contributed by atoms with Gasteiger partial charge in [-0.25, -0.2) is 0 Å². The molecule has 0 bridgehead atoms. The smallest absolute Gasteiger partial charge is 0.266 e. The molecule has 0 aliphatic rings. The van der Waals surface area contributed by atoms with Crippen molar-refractivity contribution in [1.82, 2.24) is 4.98 Å². The molecule has 2 aromatic carbocycles. The van der Waals surface area contributed by atoms with Crippen LogP contribution in [0.15, 0.2) is 57.1 Å². The molecule has 3 aromatic rings. The third kappa shape index (κ3) is 2.77. The minimum absolute atomic E-state index is 0.0176. The van der Waals surface area contributed by atoms with Gasteiger partial charge in [-0.05, 0) is 37.3 Å². The van der Waals surface area contributed by atoms with Crippen LogP contribution in [0.2, 0.25) is 5.02 Å². The Morgan fingerprint density at radius 1 is 1.14 bits per heavy atom. The monoisotopic (exact) mass is 317 g/mol. The second-order valence-electron chi connectivity index (χ2n) is 4.74. The molecular formula is C16H12ClNO2S. The lowest BCUT2D eigenvalue weighted by Crippen LogP contribution is -2.08. The van der Waals surface area contributed by atoms with Crippen LogP contribution in [0.25, 0.3) is 10.9 Å². The Kier molecular flexibility index (Phi) is 3.66. The lowest BCUT2D eigenvalue weighted by molar-refractivity contribution is 0.467. The van der Waals surface area contributed by atoms with Crippen molar-refractivity contribution >= 4 is 34.3 Å². The number of nitrogens with one attached hydrogen (secondary N) is 1. The number of fused-ring (bicyclic) bond motifs is 1. The highest BCUT2D eigenvalue weighted by atomic mass is 35.5. The van der Waals surface area contributed by atoms with Gasteiger partial charge in [0.05, 0.1) is 5.52 Å². The SMILES string of the molecule is Cc1ccc(Sc2c(O)c3ccc(Cl)cc3[nH]c2=O)cc1. The summed E-state index contributed by atoms with van der Waals surface area (Å²) >= 11 is 7.14. The fourth-order valence-electron chi connectivity index (χ4n) is 2.05. The summed E-state index contributed by atoms with van der Waals surface area (Å²) in [5.74, 6) is -0.0176. The summed E-state index contributed by atoms with van der Waals surface area (Å²) in [6.07, 6.45) is 0. The number of hydrogen-bond acceptors (Lipinski definition) is 3. The highest BCUT2D eigenvalue weighted by molar-refractivity contribution is 7.99. The van der Waals surface area contributed by atoms with E-state index in [9.17, 15) is 9.90 Å². The average molecular weight is 318 g/mol. The van der Waals surface area contributed by atoms with E-state index in [0.717, 1.165) is 10.5 Å². The molecule has 0 spiro atoms. The molecule has 0 fully saturated rings. The van der Waals surface area contributed by atoms with Gasteiger partial charge in [-0.3, -0.25) is 4.79 Å². The van der Waals surface area contributed by atoms with Crippen LogP contribution in [0.4, 0.5) is 0 Å². The van der Waals surface area contributed by atoms with Crippen LogP contribution < -0.4 is 5.56 Å². The summed E-state index contributed by atoms with van der Waals surface area (Å²) in [5, 5.41) is 11.4. The number of benzene rings is 2. The van der Waals surface area contributed by atoms with E-state index in [1.807, 2.05) is 31.2 Å². The quantitative estimate of drug-likeness (QED) is 0.739. The second kappa shape index (κ2) is 5.47. The number of rotatable bonds is 2. The van der Waals surface area contributed by atoms with Crippen LogP contribution in [0.1, 0.15) is 5.56 Å². The molecule has 0 unspecified atom stereocenters. The summed E-state index contributed by atoms with van der Waals surface area (Å²) in [4.78, 5) is 16.1. The number of H-pyrrole nitrogens is 1. The Balaban J connectivity index is 2.12. The number of aromatic amines is 1. The van der Waals surface area contributed by atoms with Crippen molar-refractivity contribution in [3.8, 4) is 5.75 Å². The number of pyridine rings is 1. The van der Waals surface area contributed by atoms with Crippen LogP contribution in [0.3, 0.4) is 0 Å². The molecule has 106 valence electrons. The summed E-state index contributed by atoms with van der Waals surface area (Å²) in [5.41, 5.74) is 1.34. The van der Waals surface area contributed by atoms with Crippen LogP contribution in [0.5, 0.6) is 5.75 Å². The molecule has 0 aliphatic carbocycles. The molecule has 2 N–H and O–H groups in total. The Bertz CT molecular complexity index is 872. The molecule has 0 amide bonds. The molecule has 21 heavy (non-hydrogen) atoms. The lowest BCUT2D eigenvalue weighted by atomic mass is 10.2. The van der Waals surface area contributed by atoms with Gasteiger partial charge in [-0.1, -0.05) is 41.1 Å². The first-order chi connectivity index (χ1) is 10.0. The molecule has 0 atom stereocenters. The average Bonchev–Trinajstić information content (AvgIpc) is 2.45. The van der Waals surface area contributed by atoms with Gasteiger partial charge in [0, 0.05) is 15.3 Å². The maximum atomic E-state index is 12.2. The van der Waals surface area contributed by atoms with Gasteiger partial charge in [-0.15, -0.1) is 0 Å². The molecule has 1 heterocycles. The molecule has 0 radical (unpaired) electrons. The standard InChI is InChI=1S/C16H12ClNO2S/c1-9-2-5-11(6-3-9)21-15-14(19)12-7-4-10(17)8-13(12)18-16(15)20/h2-8H,1H3,(H2,18,19,20). The Morgan fingerprint density at radius 2 is 1.86 bits per heavy atom. The van der Waals surface area contributed by atoms with Crippen LogP contribution in [-0.2, 0) is 0 Å².